The lowest BCUT2D eigenvalue weighted by atomic mass is 9.89. The van der Waals surface area contributed by atoms with E-state index in [1.165, 1.54) is 30.4 Å². The Morgan fingerprint density at radius 3 is 3.00 bits per heavy atom. The van der Waals surface area contributed by atoms with E-state index >= 15 is 0 Å². The zero-order chi connectivity index (χ0) is 10.3. The smallest absolute Gasteiger partial charge is 0.0481 e. The summed E-state index contributed by atoms with van der Waals surface area (Å²) in [6, 6.07) is 9.12. The maximum Gasteiger partial charge on any atom is 0.0481 e. The fraction of sp³-hybridized carbons (Fsp3) is 0.538. The van der Waals surface area contributed by atoms with Gasteiger partial charge in [-0.2, -0.15) is 0 Å². The van der Waals surface area contributed by atoms with Crippen LogP contribution in [-0.2, 0) is 12.9 Å². The van der Waals surface area contributed by atoms with Gasteiger partial charge in [0.2, 0.25) is 0 Å². The van der Waals surface area contributed by atoms with Gasteiger partial charge in [-0.05, 0) is 36.9 Å². The molecule has 0 bridgehead atoms. The molecule has 1 aromatic carbocycles. The number of hydrogen-bond acceptors (Lipinski definition) is 1. The molecule has 0 radical (unpaired) electrons. The molecule has 74 valence electrons. The van der Waals surface area contributed by atoms with Gasteiger partial charge in [0, 0.05) is 13.9 Å². The number of piperidine rings is 1. The average molecular weight is 188 g/mol. The fourth-order valence-electron chi connectivity index (χ4n) is 2.69. The van der Waals surface area contributed by atoms with Crippen LogP contribution in [0, 0.1) is 0 Å². The van der Waals surface area contributed by atoms with Crippen LogP contribution in [0.3, 0.4) is 0 Å². The molecule has 1 saturated heterocycles. The lowest BCUT2D eigenvalue weighted by Crippen LogP contribution is -2.43. The fourth-order valence-corrected chi connectivity index (χ4v) is 2.69. The quantitative estimate of drug-likeness (QED) is 0.605. The van der Waals surface area contributed by atoms with Crippen LogP contribution in [-0.4, -0.2) is 17.5 Å². The van der Waals surface area contributed by atoms with Crippen LogP contribution in [0.25, 0.3) is 0 Å². The van der Waals surface area contributed by atoms with Gasteiger partial charge in [0.15, 0.2) is 0 Å². The molecule has 2 aliphatic heterocycles. The Balaban J connectivity index is 1.98. The Labute approximate surface area is 87.1 Å². The number of nitrogens with zero attached hydrogens (tertiary/aromatic N) is 1. The van der Waals surface area contributed by atoms with Crippen LogP contribution in [0.4, 0.5) is 0 Å². The van der Waals surface area contributed by atoms with Crippen molar-refractivity contribution in [2.75, 3.05) is 6.54 Å². The van der Waals surface area contributed by atoms with E-state index in [1.807, 2.05) is 0 Å². The highest BCUT2D eigenvalue weighted by atomic mass is 15.2. The van der Waals surface area contributed by atoms with Gasteiger partial charge in [0.1, 0.15) is 0 Å². The Morgan fingerprint density at radius 1 is 1.21 bits per heavy atom. The third kappa shape index (κ3) is 1.36. The average Bonchev–Trinajstić information content (AvgIpc) is 2.30. The Bertz CT molecular complexity index is 363. The van der Waals surface area contributed by atoms with Crippen molar-refractivity contribution in [3.63, 3.8) is 0 Å². The summed E-state index contributed by atoms with van der Waals surface area (Å²) in [7, 11) is 0. The number of fused-ring (bicyclic) bond motifs is 2. The molecule has 0 unspecified atom stereocenters. The van der Waals surface area contributed by atoms with E-state index in [4.69, 9.17) is 1.37 Å². The van der Waals surface area contributed by atoms with E-state index < -0.39 is 0 Å². The van der Waals surface area contributed by atoms with E-state index in [0.29, 0.717) is 6.04 Å². The van der Waals surface area contributed by atoms with Gasteiger partial charge in [0.25, 0.3) is 0 Å². The normalized spacial score (nSPS) is 33.0. The predicted octanol–water partition coefficient (Wildman–Crippen LogP) is 2.60. The Morgan fingerprint density at radius 2 is 2.07 bits per heavy atom. The van der Waals surface area contributed by atoms with E-state index in [0.717, 1.165) is 13.0 Å². The first-order valence-corrected chi connectivity index (χ1v) is 5.62. The molecule has 1 heteroatoms. The molecule has 2 heterocycles. The first kappa shape index (κ1) is 7.47. The van der Waals surface area contributed by atoms with Crippen molar-refractivity contribution in [2.45, 2.75) is 38.2 Å². The summed E-state index contributed by atoms with van der Waals surface area (Å²) in [6.07, 6.45) is 5.05. The highest BCUT2D eigenvalue weighted by molar-refractivity contribution is 5.30. The van der Waals surface area contributed by atoms with Crippen molar-refractivity contribution in [3.8, 4) is 0 Å². The molecule has 0 aliphatic carbocycles. The lowest BCUT2D eigenvalue weighted by molar-refractivity contribution is 0.127. The van der Waals surface area contributed by atoms with E-state index in [9.17, 15) is 0 Å². The number of hydrogen-bond donors (Lipinski definition) is 0. The third-order valence-corrected chi connectivity index (χ3v) is 3.49. The minimum Gasteiger partial charge on any atom is -0.296 e. The molecule has 0 spiro atoms. The van der Waals surface area contributed by atoms with Gasteiger partial charge < -0.3 is 0 Å². The number of benzene rings is 1. The molecule has 1 fully saturated rings. The zero-order valence-electron chi connectivity index (χ0n) is 9.45. The molecule has 1 aromatic rings. The Kier molecular flexibility index (Phi) is 1.81. The van der Waals surface area contributed by atoms with Crippen molar-refractivity contribution in [1.82, 2.24) is 4.90 Å². The molecule has 0 aromatic heterocycles. The molecule has 14 heavy (non-hydrogen) atoms. The molecule has 0 saturated carbocycles. The third-order valence-electron chi connectivity index (χ3n) is 3.49. The topological polar surface area (TPSA) is 3.24 Å². The monoisotopic (exact) mass is 188 g/mol. The maximum atomic E-state index is 8.30. The number of rotatable bonds is 0. The Hall–Kier alpha value is -0.820. The minimum atomic E-state index is -0.111. The molecule has 2 atom stereocenters. The van der Waals surface area contributed by atoms with Crippen LogP contribution >= 0.6 is 0 Å². The molecule has 3 rings (SSSR count). The van der Waals surface area contributed by atoms with E-state index in [1.54, 1.807) is 0 Å². The molecular weight excluding hydrogens is 170 g/mol. The molecule has 0 amide bonds. The zero-order valence-corrected chi connectivity index (χ0v) is 8.45. The standard InChI is InChI=1S/C13H17N/c1-2-6-12-10-14-8-4-3-7-13(14)9-11(12)5-1/h1-2,5-6,13H,3-4,7-10H2/t13-/m0/s1/i10D/t10-,13+/m1. The molecule has 1 nitrogen and oxygen atoms in total. The highest BCUT2D eigenvalue weighted by Crippen LogP contribution is 2.28. The summed E-state index contributed by atoms with van der Waals surface area (Å²) >= 11 is 0. The van der Waals surface area contributed by atoms with Crippen molar-refractivity contribution in [2.24, 2.45) is 0 Å². The van der Waals surface area contributed by atoms with Crippen LogP contribution in [0.5, 0.6) is 0 Å². The van der Waals surface area contributed by atoms with Crippen molar-refractivity contribution >= 4 is 0 Å². The summed E-state index contributed by atoms with van der Waals surface area (Å²) in [5.41, 5.74) is 2.64. The van der Waals surface area contributed by atoms with Crippen molar-refractivity contribution < 1.29 is 1.37 Å². The first-order chi connectivity index (χ1) is 7.36. The second kappa shape index (κ2) is 3.39. The largest absolute Gasteiger partial charge is 0.296 e. The van der Waals surface area contributed by atoms with Gasteiger partial charge in [-0.3, -0.25) is 4.90 Å². The van der Waals surface area contributed by atoms with Crippen LogP contribution in [0.1, 0.15) is 31.8 Å². The SMILES string of the molecule is [2H][C@@H]1c2ccccc2C[C@@H]2CCCCN21. The first-order valence-electron chi connectivity index (χ1n) is 6.20. The highest BCUT2D eigenvalue weighted by Gasteiger charge is 2.27. The van der Waals surface area contributed by atoms with Crippen LogP contribution in [0.2, 0.25) is 0 Å². The van der Waals surface area contributed by atoms with Crippen LogP contribution in [0.15, 0.2) is 24.3 Å². The second-order valence-electron chi connectivity index (χ2n) is 4.42. The maximum absolute atomic E-state index is 8.30. The van der Waals surface area contributed by atoms with E-state index in [2.05, 4.69) is 29.2 Å². The lowest BCUT2D eigenvalue weighted by Gasteiger charge is -2.40. The minimum absolute atomic E-state index is 0.111. The second-order valence-corrected chi connectivity index (χ2v) is 4.42. The summed E-state index contributed by atoms with van der Waals surface area (Å²) < 4.78 is 8.30. The van der Waals surface area contributed by atoms with Gasteiger partial charge in [-0.25, -0.2) is 0 Å². The molecular formula is C13H17N. The predicted molar refractivity (Wildman–Crippen MR) is 58.2 cm³/mol. The van der Waals surface area contributed by atoms with Crippen molar-refractivity contribution in [1.29, 1.82) is 0 Å². The summed E-state index contributed by atoms with van der Waals surface area (Å²) in [5, 5.41) is 0. The molecule has 2 aliphatic rings. The van der Waals surface area contributed by atoms with Crippen LogP contribution < -0.4 is 0 Å². The molecule has 0 N–H and O–H groups in total. The van der Waals surface area contributed by atoms with Gasteiger partial charge in [0.05, 0.1) is 0 Å². The summed E-state index contributed by atoms with van der Waals surface area (Å²) in [6.45, 7) is 1.01. The van der Waals surface area contributed by atoms with Gasteiger partial charge in [-0.15, -0.1) is 0 Å². The van der Waals surface area contributed by atoms with Gasteiger partial charge in [-0.1, -0.05) is 30.7 Å². The van der Waals surface area contributed by atoms with E-state index in [-0.39, 0.29) is 6.52 Å². The van der Waals surface area contributed by atoms with Crippen molar-refractivity contribution in [3.05, 3.63) is 35.4 Å². The summed E-state index contributed by atoms with van der Waals surface area (Å²) in [4.78, 5) is 2.38. The summed E-state index contributed by atoms with van der Waals surface area (Å²) in [5.74, 6) is 0. The van der Waals surface area contributed by atoms with Gasteiger partial charge >= 0.3 is 0 Å².